The zero-order valence-electron chi connectivity index (χ0n) is 8.84. The molecule has 0 saturated carbocycles. The van der Waals surface area contributed by atoms with Crippen molar-refractivity contribution in [2.45, 2.75) is 12.3 Å². The second-order valence-electron chi connectivity index (χ2n) is 3.14. The summed E-state index contributed by atoms with van der Waals surface area (Å²) in [5.74, 6) is -0.919. The Labute approximate surface area is 102 Å². The van der Waals surface area contributed by atoms with Gasteiger partial charge in [0.05, 0.1) is 18.2 Å². The Bertz CT molecular complexity index is 483. The van der Waals surface area contributed by atoms with Crippen LogP contribution in [0.15, 0.2) is 12.1 Å². The maximum Gasteiger partial charge on any atom is 0.339 e. The highest BCUT2D eigenvalue weighted by atomic mass is 35.5. The summed E-state index contributed by atoms with van der Waals surface area (Å²) in [6.07, 6.45) is -2.73. The molecule has 0 atom stereocenters. The third-order valence-corrected chi connectivity index (χ3v) is 2.44. The number of rotatable bonds is 3. The number of methoxy groups -OCH3 is 1. The predicted octanol–water partition coefficient (Wildman–Crippen LogP) is 3.02. The number of halogens is 3. The minimum atomic E-state index is -2.73. The summed E-state index contributed by atoms with van der Waals surface area (Å²) in [4.78, 5) is 11.4. The van der Waals surface area contributed by atoms with E-state index in [1.54, 1.807) is 6.07 Å². The highest BCUT2D eigenvalue weighted by Crippen LogP contribution is 2.26. The summed E-state index contributed by atoms with van der Waals surface area (Å²) >= 11 is 5.58. The Morgan fingerprint density at radius 2 is 2.24 bits per heavy atom. The molecule has 0 radical (unpaired) electrons. The van der Waals surface area contributed by atoms with E-state index >= 15 is 0 Å². The van der Waals surface area contributed by atoms with Crippen LogP contribution in [0.5, 0.6) is 0 Å². The minimum absolute atomic E-state index is 0.0607. The zero-order valence-corrected chi connectivity index (χ0v) is 9.59. The number of nitrogens with zero attached hydrogens (tertiary/aromatic N) is 1. The number of hydrogen-bond acceptors (Lipinski definition) is 3. The average molecular weight is 260 g/mol. The average Bonchev–Trinajstić information content (AvgIpc) is 2.35. The maximum atomic E-state index is 12.5. The molecule has 0 aliphatic heterocycles. The number of benzene rings is 1. The van der Waals surface area contributed by atoms with E-state index in [0.29, 0.717) is 0 Å². The standard InChI is InChI=1S/C11H8ClF2NO2/c1-17-11(16)9-7(4-12)2-6(10(13)14)3-8(9)5-15/h2-3,10H,4H2,1H3. The van der Waals surface area contributed by atoms with Gasteiger partial charge in [-0.05, 0) is 17.7 Å². The molecule has 1 rings (SSSR count). The largest absolute Gasteiger partial charge is 0.465 e. The molecule has 0 bridgehead atoms. The van der Waals surface area contributed by atoms with Gasteiger partial charge in [-0.2, -0.15) is 5.26 Å². The first-order valence-corrected chi connectivity index (χ1v) is 5.08. The molecule has 0 fully saturated rings. The maximum absolute atomic E-state index is 12.5. The van der Waals surface area contributed by atoms with Crippen molar-refractivity contribution in [1.82, 2.24) is 0 Å². The van der Waals surface area contributed by atoms with Crippen LogP contribution in [0, 0.1) is 11.3 Å². The summed E-state index contributed by atoms with van der Waals surface area (Å²) < 4.78 is 29.6. The van der Waals surface area contributed by atoms with Crippen LogP contribution >= 0.6 is 11.6 Å². The molecule has 6 heteroatoms. The Morgan fingerprint density at radius 1 is 1.59 bits per heavy atom. The molecule has 0 aliphatic carbocycles. The molecule has 0 aliphatic rings. The summed E-state index contributed by atoms with van der Waals surface area (Å²) in [6.45, 7) is 0. The van der Waals surface area contributed by atoms with Crippen molar-refractivity contribution in [3.05, 3.63) is 34.4 Å². The second-order valence-corrected chi connectivity index (χ2v) is 3.41. The van der Waals surface area contributed by atoms with E-state index in [-0.39, 0.29) is 28.1 Å². The molecule has 0 amide bonds. The number of hydrogen-bond donors (Lipinski definition) is 0. The molecule has 1 aromatic rings. The molecular weight excluding hydrogens is 252 g/mol. The highest BCUT2D eigenvalue weighted by Gasteiger charge is 2.20. The number of alkyl halides is 3. The lowest BCUT2D eigenvalue weighted by Gasteiger charge is -2.10. The molecule has 0 spiro atoms. The lowest BCUT2D eigenvalue weighted by atomic mass is 9.99. The van der Waals surface area contributed by atoms with Crippen molar-refractivity contribution < 1.29 is 18.3 Å². The van der Waals surface area contributed by atoms with Crippen LogP contribution in [0.4, 0.5) is 8.78 Å². The van der Waals surface area contributed by atoms with Crippen LogP contribution in [0.2, 0.25) is 0 Å². The monoisotopic (exact) mass is 259 g/mol. The van der Waals surface area contributed by atoms with Gasteiger partial charge < -0.3 is 4.74 Å². The third-order valence-electron chi connectivity index (χ3n) is 2.15. The number of carbonyl (C=O) groups is 1. The van der Waals surface area contributed by atoms with Gasteiger partial charge in [-0.3, -0.25) is 0 Å². The third kappa shape index (κ3) is 2.71. The fourth-order valence-corrected chi connectivity index (χ4v) is 1.60. The number of carbonyl (C=O) groups excluding carboxylic acids is 1. The Morgan fingerprint density at radius 3 is 2.65 bits per heavy atom. The topological polar surface area (TPSA) is 50.1 Å². The van der Waals surface area contributed by atoms with E-state index in [0.717, 1.165) is 19.2 Å². The Balaban J connectivity index is 3.48. The normalized spacial score (nSPS) is 10.1. The summed E-state index contributed by atoms with van der Waals surface area (Å²) in [5.41, 5.74) is -0.405. The van der Waals surface area contributed by atoms with Gasteiger partial charge in [0.25, 0.3) is 6.43 Å². The van der Waals surface area contributed by atoms with E-state index < -0.39 is 12.4 Å². The first-order valence-electron chi connectivity index (χ1n) is 4.54. The van der Waals surface area contributed by atoms with E-state index in [4.69, 9.17) is 16.9 Å². The van der Waals surface area contributed by atoms with Crippen molar-refractivity contribution >= 4 is 17.6 Å². The summed E-state index contributed by atoms with van der Waals surface area (Å²) in [5, 5.41) is 8.84. The van der Waals surface area contributed by atoms with Crippen molar-refractivity contribution in [1.29, 1.82) is 5.26 Å². The highest BCUT2D eigenvalue weighted by molar-refractivity contribution is 6.17. The number of nitriles is 1. The molecule has 1 aromatic carbocycles. The fourth-order valence-electron chi connectivity index (χ4n) is 1.39. The van der Waals surface area contributed by atoms with Gasteiger partial charge >= 0.3 is 5.97 Å². The van der Waals surface area contributed by atoms with Crippen LogP contribution in [-0.2, 0) is 10.6 Å². The molecule has 90 valence electrons. The smallest absolute Gasteiger partial charge is 0.339 e. The number of ether oxygens (including phenoxy) is 1. The lowest BCUT2D eigenvalue weighted by molar-refractivity contribution is 0.0599. The molecule has 0 aromatic heterocycles. The lowest BCUT2D eigenvalue weighted by Crippen LogP contribution is -2.09. The minimum Gasteiger partial charge on any atom is -0.465 e. The predicted molar refractivity (Wildman–Crippen MR) is 57.0 cm³/mol. The molecule has 0 saturated heterocycles. The van der Waals surface area contributed by atoms with Gasteiger partial charge in [-0.25, -0.2) is 13.6 Å². The Hall–Kier alpha value is -1.67. The van der Waals surface area contributed by atoms with Crippen molar-refractivity contribution in [3.63, 3.8) is 0 Å². The molecule has 17 heavy (non-hydrogen) atoms. The zero-order chi connectivity index (χ0) is 13.0. The molecule has 0 unspecified atom stereocenters. The van der Waals surface area contributed by atoms with Gasteiger partial charge in [0.15, 0.2) is 0 Å². The van der Waals surface area contributed by atoms with E-state index in [2.05, 4.69) is 4.74 Å². The van der Waals surface area contributed by atoms with Crippen LogP contribution in [0.3, 0.4) is 0 Å². The van der Waals surface area contributed by atoms with Crippen LogP contribution in [0.25, 0.3) is 0 Å². The summed E-state index contributed by atoms with van der Waals surface area (Å²) in [6, 6.07) is 3.76. The first kappa shape index (κ1) is 13.4. The van der Waals surface area contributed by atoms with Gasteiger partial charge in [-0.15, -0.1) is 11.6 Å². The second kappa shape index (κ2) is 5.60. The van der Waals surface area contributed by atoms with Gasteiger partial charge in [-0.1, -0.05) is 0 Å². The number of esters is 1. The molecule has 0 N–H and O–H groups in total. The molecule has 3 nitrogen and oxygen atoms in total. The van der Waals surface area contributed by atoms with Gasteiger partial charge in [0.2, 0.25) is 0 Å². The fraction of sp³-hybridized carbons (Fsp3) is 0.273. The van der Waals surface area contributed by atoms with Crippen molar-refractivity contribution in [2.24, 2.45) is 0 Å². The first-order chi connectivity index (χ1) is 8.04. The van der Waals surface area contributed by atoms with E-state index in [1.165, 1.54) is 0 Å². The van der Waals surface area contributed by atoms with Crippen molar-refractivity contribution in [2.75, 3.05) is 7.11 Å². The van der Waals surface area contributed by atoms with Gasteiger partial charge in [0.1, 0.15) is 6.07 Å². The van der Waals surface area contributed by atoms with E-state index in [1.807, 2.05) is 0 Å². The van der Waals surface area contributed by atoms with Crippen LogP contribution in [0.1, 0.15) is 33.5 Å². The summed E-state index contributed by atoms with van der Waals surface area (Å²) in [7, 11) is 1.14. The van der Waals surface area contributed by atoms with Crippen LogP contribution < -0.4 is 0 Å². The van der Waals surface area contributed by atoms with Gasteiger partial charge in [0, 0.05) is 11.4 Å². The van der Waals surface area contributed by atoms with Crippen LogP contribution in [-0.4, -0.2) is 13.1 Å². The Kier molecular flexibility index (Phi) is 4.41. The SMILES string of the molecule is COC(=O)c1c(C#N)cc(C(F)F)cc1CCl. The molecule has 0 heterocycles. The molecular formula is C11H8ClF2NO2. The quantitative estimate of drug-likeness (QED) is 0.619. The van der Waals surface area contributed by atoms with Crippen molar-refractivity contribution in [3.8, 4) is 6.07 Å². The van der Waals surface area contributed by atoms with E-state index in [9.17, 15) is 13.6 Å².